The fourth-order valence-corrected chi connectivity index (χ4v) is 0.800. The molecule has 5 heteroatoms. The van der Waals surface area contributed by atoms with Crippen LogP contribution in [0.25, 0.3) is 0 Å². The molecule has 0 heterocycles. The first kappa shape index (κ1) is 10.9. The predicted octanol–water partition coefficient (Wildman–Crippen LogP) is -1.26. The highest BCUT2D eigenvalue weighted by Crippen LogP contribution is 2.21. The van der Waals surface area contributed by atoms with Gasteiger partial charge >= 0.3 is 0 Å². The minimum atomic E-state index is -1.33. The van der Waals surface area contributed by atoms with Crippen LogP contribution in [0, 0.1) is 5.41 Å². The van der Waals surface area contributed by atoms with E-state index in [2.05, 4.69) is 0 Å². The molecule has 2 amide bonds. The molecule has 0 saturated carbocycles. The smallest absolute Gasteiger partial charge is 0.232 e. The number of primary amides is 2. The van der Waals surface area contributed by atoms with Gasteiger partial charge in [-0.1, -0.05) is 0 Å². The van der Waals surface area contributed by atoms with Crippen molar-refractivity contribution in [3.05, 3.63) is 0 Å². The molecular weight excluding hydrogens is 160 g/mol. The van der Waals surface area contributed by atoms with Crippen LogP contribution in [0.5, 0.6) is 0 Å². The summed E-state index contributed by atoms with van der Waals surface area (Å²) in [7, 11) is 0. The van der Waals surface area contributed by atoms with E-state index in [9.17, 15) is 9.59 Å². The minimum absolute atomic E-state index is 0.0872. The molecular formula is C7H14N2O3. The molecule has 0 unspecified atom stereocenters. The Morgan fingerprint density at radius 1 is 1.33 bits per heavy atom. The Balaban J connectivity index is 4.40. The van der Waals surface area contributed by atoms with Gasteiger partial charge in [-0.2, -0.15) is 0 Å². The van der Waals surface area contributed by atoms with Crippen LogP contribution in [0.1, 0.15) is 19.8 Å². The summed E-state index contributed by atoms with van der Waals surface area (Å²) >= 11 is 0. The standard InChI is InChI=1S/C7H14N2O3/c1-7(5(8)11,6(9)12)3-2-4-10/h10H,2-4H2,1H3,(H2,8,11)(H2,9,12). The zero-order valence-electron chi connectivity index (χ0n) is 7.04. The number of carbonyl (C=O) groups excluding carboxylic acids is 2. The Hall–Kier alpha value is -1.10. The lowest BCUT2D eigenvalue weighted by Crippen LogP contribution is -2.45. The van der Waals surface area contributed by atoms with Crippen LogP contribution in [0.4, 0.5) is 0 Å². The second-order valence-corrected chi connectivity index (χ2v) is 2.89. The number of rotatable bonds is 5. The lowest BCUT2D eigenvalue weighted by molar-refractivity contribution is -0.139. The Labute approximate surface area is 70.7 Å². The van der Waals surface area contributed by atoms with Gasteiger partial charge in [-0.05, 0) is 19.8 Å². The number of amides is 2. The van der Waals surface area contributed by atoms with Crippen molar-refractivity contribution in [2.24, 2.45) is 16.9 Å². The second-order valence-electron chi connectivity index (χ2n) is 2.89. The molecule has 0 aliphatic heterocycles. The monoisotopic (exact) mass is 174 g/mol. The topological polar surface area (TPSA) is 106 Å². The van der Waals surface area contributed by atoms with Crippen molar-refractivity contribution in [3.63, 3.8) is 0 Å². The molecule has 0 rings (SSSR count). The molecule has 0 atom stereocenters. The zero-order valence-corrected chi connectivity index (χ0v) is 7.04. The quantitative estimate of drug-likeness (QED) is 0.452. The van der Waals surface area contributed by atoms with E-state index in [1.165, 1.54) is 6.92 Å². The van der Waals surface area contributed by atoms with Crippen molar-refractivity contribution < 1.29 is 14.7 Å². The third-order valence-electron chi connectivity index (χ3n) is 1.92. The van der Waals surface area contributed by atoms with Crippen LogP contribution in [-0.4, -0.2) is 23.5 Å². The molecule has 0 aliphatic carbocycles. The highest BCUT2D eigenvalue weighted by atomic mass is 16.3. The summed E-state index contributed by atoms with van der Waals surface area (Å²) in [6, 6.07) is 0. The number of aliphatic hydroxyl groups is 1. The van der Waals surface area contributed by atoms with Gasteiger partial charge in [0.2, 0.25) is 11.8 Å². The van der Waals surface area contributed by atoms with Gasteiger partial charge in [0.05, 0.1) is 0 Å². The molecule has 0 radical (unpaired) electrons. The van der Waals surface area contributed by atoms with E-state index in [4.69, 9.17) is 16.6 Å². The van der Waals surface area contributed by atoms with Crippen molar-refractivity contribution in [1.82, 2.24) is 0 Å². The first-order valence-electron chi connectivity index (χ1n) is 3.66. The van der Waals surface area contributed by atoms with Crippen molar-refractivity contribution in [2.45, 2.75) is 19.8 Å². The van der Waals surface area contributed by atoms with E-state index < -0.39 is 17.2 Å². The maximum absolute atomic E-state index is 10.8. The molecule has 5 N–H and O–H groups in total. The van der Waals surface area contributed by atoms with E-state index in [1.807, 2.05) is 0 Å². The lowest BCUT2D eigenvalue weighted by atomic mass is 9.84. The number of hydrogen-bond acceptors (Lipinski definition) is 3. The average Bonchev–Trinajstić information content (AvgIpc) is 1.99. The molecule has 0 aliphatic rings. The Bertz CT molecular complexity index is 177. The third kappa shape index (κ3) is 2.20. The van der Waals surface area contributed by atoms with Gasteiger partial charge in [0.1, 0.15) is 5.41 Å². The van der Waals surface area contributed by atoms with E-state index in [0.29, 0.717) is 6.42 Å². The Kier molecular flexibility index (Phi) is 3.69. The number of nitrogens with two attached hydrogens (primary N) is 2. The fourth-order valence-electron chi connectivity index (χ4n) is 0.800. The molecule has 70 valence electrons. The Morgan fingerprint density at radius 3 is 2.00 bits per heavy atom. The largest absolute Gasteiger partial charge is 0.396 e. The first-order chi connectivity index (χ1) is 5.45. The lowest BCUT2D eigenvalue weighted by Gasteiger charge is -2.20. The van der Waals surface area contributed by atoms with Gasteiger partial charge in [-0.3, -0.25) is 9.59 Å². The number of hydrogen-bond donors (Lipinski definition) is 3. The van der Waals surface area contributed by atoms with E-state index >= 15 is 0 Å². The van der Waals surface area contributed by atoms with Crippen molar-refractivity contribution in [2.75, 3.05) is 6.61 Å². The fraction of sp³-hybridized carbons (Fsp3) is 0.714. The molecule has 0 aromatic carbocycles. The number of aliphatic hydroxyl groups excluding tert-OH is 1. The second kappa shape index (κ2) is 4.06. The van der Waals surface area contributed by atoms with Crippen LogP contribution in [-0.2, 0) is 9.59 Å². The molecule has 0 saturated heterocycles. The summed E-state index contributed by atoms with van der Waals surface area (Å²) in [6.07, 6.45) is 0.524. The van der Waals surface area contributed by atoms with Crippen LogP contribution in [0.15, 0.2) is 0 Å². The number of carbonyl (C=O) groups is 2. The molecule has 0 fully saturated rings. The van der Waals surface area contributed by atoms with Crippen LogP contribution in [0.3, 0.4) is 0 Å². The molecule has 12 heavy (non-hydrogen) atoms. The maximum atomic E-state index is 10.8. The SMILES string of the molecule is CC(CCCO)(C(N)=O)C(N)=O. The summed E-state index contributed by atoms with van der Waals surface area (Å²) in [5, 5.41) is 8.49. The first-order valence-corrected chi connectivity index (χ1v) is 3.66. The van der Waals surface area contributed by atoms with Crippen molar-refractivity contribution in [3.8, 4) is 0 Å². The van der Waals surface area contributed by atoms with Crippen LogP contribution < -0.4 is 11.5 Å². The Morgan fingerprint density at radius 2 is 1.75 bits per heavy atom. The van der Waals surface area contributed by atoms with Crippen molar-refractivity contribution in [1.29, 1.82) is 0 Å². The minimum Gasteiger partial charge on any atom is -0.396 e. The molecule has 0 aromatic rings. The molecule has 5 nitrogen and oxygen atoms in total. The third-order valence-corrected chi connectivity index (χ3v) is 1.92. The molecule has 0 aromatic heterocycles. The highest BCUT2D eigenvalue weighted by Gasteiger charge is 2.36. The van der Waals surface area contributed by atoms with E-state index in [1.54, 1.807) is 0 Å². The molecule has 0 bridgehead atoms. The molecule has 0 spiro atoms. The van der Waals surface area contributed by atoms with Crippen LogP contribution in [0.2, 0.25) is 0 Å². The van der Waals surface area contributed by atoms with Gasteiger partial charge < -0.3 is 16.6 Å². The summed E-state index contributed by atoms with van der Waals surface area (Å²) in [6.45, 7) is 1.30. The van der Waals surface area contributed by atoms with Crippen molar-refractivity contribution >= 4 is 11.8 Å². The van der Waals surface area contributed by atoms with Gasteiger partial charge in [-0.25, -0.2) is 0 Å². The van der Waals surface area contributed by atoms with Gasteiger partial charge in [0.15, 0.2) is 0 Å². The van der Waals surface area contributed by atoms with Gasteiger partial charge in [-0.15, -0.1) is 0 Å². The van der Waals surface area contributed by atoms with E-state index in [-0.39, 0.29) is 13.0 Å². The van der Waals surface area contributed by atoms with Gasteiger partial charge in [0.25, 0.3) is 0 Å². The average molecular weight is 174 g/mol. The summed E-state index contributed by atoms with van der Waals surface area (Å²) < 4.78 is 0. The van der Waals surface area contributed by atoms with E-state index in [0.717, 1.165) is 0 Å². The zero-order chi connectivity index (χ0) is 9.78. The summed E-state index contributed by atoms with van der Waals surface area (Å²) in [5.74, 6) is -1.49. The maximum Gasteiger partial charge on any atom is 0.232 e. The highest BCUT2D eigenvalue weighted by molar-refractivity contribution is 6.03. The summed E-state index contributed by atoms with van der Waals surface area (Å²) in [5.41, 5.74) is 8.65. The predicted molar refractivity (Wildman–Crippen MR) is 42.8 cm³/mol. The normalized spacial score (nSPS) is 11.2. The van der Waals surface area contributed by atoms with Crippen LogP contribution >= 0.6 is 0 Å². The summed E-state index contributed by atoms with van der Waals surface area (Å²) in [4.78, 5) is 21.6. The van der Waals surface area contributed by atoms with Gasteiger partial charge in [0, 0.05) is 6.61 Å².